The molecule has 1 aromatic rings. The van der Waals surface area contributed by atoms with Gasteiger partial charge < -0.3 is 4.74 Å². The van der Waals surface area contributed by atoms with Crippen LogP contribution in [0, 0.1) is 30.6 Å². The molecule has 0 amide bonds. The number of halogens is 1. The molecule has 1 aliphatic carbocycles. The normalized spacial score (nSPS) is 16.5. The van der Waals surface area contributed by atoms with Gasteiger partial charge in [-0.2, -0.15) is 5.26 Å². The molecular formula is C14H16ClNO3S. The Morgan fingerprint density at radius 1 is 1.35 bits per heavy atom. The first-order valence-corrected chi connectivity index (χ1v) is 8.64. The van der Waals surface area contributed by atoms with Crippen molar-refractivity contribution in [3.8, 4) is 11.8 Å². The van der Waals surface area contributed by atoms with Crippen molar-refractivity contribution in [3.63, 3.8) is 0 Å². The van der Waals surface area contributed by atoms with Crippen LogP contribution in [-0.4, -0.2) is 15.0 Å². The predicted molar refractivity (Wildman–Crippen MR) is 76.3 cm³/mol. The monoisotopic (exact) mass is 313 g/mol. The number of aryl methyl sites for hydroxylation is 2. The molecule has 0 heterocycles. The van der Waals surface area contributed by atoms with Crippen LogP contribution in [0.25, 0.3) is 0 Å². The molecule has 0 spiro atoms. The summed E-state index contributed by atoms with van der Waals surface area (Å²) in [6, 6.07) is 5.52. The van der Waals surface area contributed by atoms with Gasteiger partial charge in [0.15, 0.2) is 0 Å². The molecule has 6 heteroatoms. The summed E-state index contributed by atoms with van der Waals surface area (Å²) in [5.41, 5.74) is 1.13. The van der Waals surface area contributed by atoms with Crippen LogP contribution in [0.4, 0.5) is 0 Å². The standard InChI is InChI=1S/C14H16ClNO3S/c1-10-7-12(8-11(2)13(10)20(15,17)18)19-9-14(3-4-14)5-6-16/h7-8H,3-5,9H2,1-2H3. The second-order valence-electron chi connectivity index (χ2n) is 5.45. The summed E-state index contributed by atoms with van der Waals surface area (Å²) < 4.78 is 28.7. The van der Waals surface area contributed by atoms with Crippen molar-refractivity contribution in [3.05, 3.63) is 23.3 Å². The van der Waals surface area contributed by atoms with E-state index in [2.05, 4.69) is 6.07 Å². The van der Waals surface area contributed by atoms with Gasteiger partial charge in [-0.15, -0.1) is 0 Å². The van der Waals surface area contributed by atoms with Crippen LogP contribution in [0.1, 0.15) is 30.4 Å². The van der Waals surface area contributed by atoms with Gasteiger partial charge >= 0.3 is 0 Å². The summed E-state index contributed by atoms with van der Waals surface area (Å²) in [7, 11) is 1.67. The third-order valence-corrected chi connectivity index (χ3v) is 5.23. The van der Waals surface area contributed by atoms with Gasteiger partial charge in [-0.05, 0) is 49.9 Å². The molecule has 20 heavy (non-hydrogen) atoms. The van der Waals surface area contributed by atoms with Gasteiger partial charge in [0.25, 0.3) is 9.05 Å². The minimum atomic E-state index is -3.75. The maximum atomic E-state index is 11.5. The van der Waals surface area contributed by atoms with Crippen LogP contribution in [0.3, 0.4) is 0 Å². The molecular weight excluding hydrogens is 298 g/mol. The highest BCUT2D eigenvalue weighted by Gasteiger charge is 2.43. The summed E-state index contributed by atoms with van der Waals surface area (Å²) in [6.45, 7) is 3.88. The number of rotatable bonds is 5. The molecule has 0 aliphatic heterocycles. The minimum Gasteiger partial charge on any atom is -0.493 e. The van der Waals surface area contributed by atoms with Crippen molar-refractivity contribution in [2.45, 2.75) is 38.0 Å². The fourth-order valence-corrected chi connectivity index (χ4v) is 3.95. The van der Waals surface area contributed by atoms with Crippen LogP contribution in [0.5, 0.6) is 5.75 Å². The van der Waals surface area contributed by atoms with Crippen molar-refractivity contribution < 1.29 is 13.2 Å². The second-order valence-corrected chi connectivity index (χ2v) is 7.95. The van der Waals surface area contributed by atoms with E-state index in [0.29, 0.717) is 29.9 Å². The predicted octanol–water partition coefficient (Wildman–Crippen LogP) is 3.30. The summed E-state index contributed by atoms with van der Waals surface area (Å²) in [5.74, 6) is 0.619. The number of nitriles is 1. The van der Waals surface area contributed by atoms with Crippen molar-refractivity contribution in [1.82, 2.24) is 0 Å². The fraction of sp³-hybridized carbons (Fsp3) is 0.500. The molecule has 0 atom stereocenters. The number of nitrogens with zero attached hydrogens (tertiary/aromatic N) is 1. The first-order valence-electron chi connectivity index (χ1n) is 6.33. The van der Waals surface area contributed by atoms with Gasteiger partial charge in [-0.1, -0.05) is 0 Å². The zero-order valence-corrected chi connectivity index (χ0v) is 13.0. The van der Waals surface area contributed by atoms with E-state index in [0.717, 1.165) is 12.8 Å². The van der Waals surface area contributed by atoms with Gasteiger partial charge in [-0.3, -0.25) is 0 Å². The Balaban J connectivity index is 2.18. The van der Waals surface area contributed by atoms with E-state index in [-0.39, 0.29) is 10.3 Å². The Labute approximate surface area is 123 Å². The molecule has 0 radical (unpaired) electrons. The molecule has 0 N–H and O–H groups in total. The van der Waals surface area contributed by atoms with Crippen LogP contribution in [-0.2, 0) is 9.05 Å². The SMILES string of the molecule is Cc1cc(OCC2(CC#N)CC2)cc(C)c1S(=O)(=O)Cl. The molecule has 0 aromatic heterocycles. The molecule has 2 rings (SSSR count). The van der Waals surface area contributed by atoms with E-state index in [9.17, 15) is 8.42 Å². The third-order valence-electron chi connectivity index (χ3n) is 3.63. The zero-order valence-electron chi connectivity index (χ0n) is 11.4. The van der Waals surface area contributed by atoms with Crippen LogP contribution in [0.2, 0.25) is 0 Å². The van der Waals surface area contributed by atoms with Gasteiger partial charge in [0.2, 0.25) is 0 Å². The summed E-state index contributed by atoms with van der Waals surface area (Å²) >= 11 is 0. The smallest absolute Gasteiger partial charge is 0.261 e. The number of hydrogen-bond acceptors (Lipinski definition) is 4. The van der Waals surface area contributed by atoms with E-state index < -0.39 is 9.05 Å². The molecule has 1 saturated carbocycles. The lowest BCUT2D eigenvalue weighted by atomic mass is 10.1. The highest BCUT2D eigenvalue weighted by molar-refractivity contribution is 8.13. The van der Waals surface area contributed by atoms with E-state index >= 15 is 0 Å². The molecule has 1 fully saturated rings. The van der Waals surface area contributed by atoms with Gasteiger partial charge in [-0.25, -0.2) is 8.42 Å². The summed E-state index contributed by atoms with van der Waals surface area (Å²) in [5, 5.41) is 8.77. The van der Waals surface area contributed by atoms with Crippen LogP contribution >= 0.6 is 10.7 Å². The quantitative estimate of drug-likeness (QED) is 0.782. The fourth-order valence-electron chi connectivity index (χ4n) is 2.33. The van der Waals surface area contributed by atoms with Gasteiger partial charge in [0, 0.05) is 22.5 Å². The van der Waals surface area contributed by atoms with Gasteiger partial charge in [0.05, 0.1) is 17.6 Å². The van der Waals surface area contributed by atoms with E-state index in [1.54, 1.807) is 26.0 Å². The van der Waals surface area contributed by atoms with Crippen molar-refractivity contribution in [1.29, 1.82) is 5.26 Å². The van der Waals surface area contributed by atoms with Gasteiger partial charge in [0.1, 0.15) is 5.75 Å². The van der Waals surface area contributed by atoms with E-state index in [1.165, 1.54) is 0 Å². The van der Waals surface area contributed by atoms with E-state index in [4.69, 9.17) is 20.7 Å². The zero-order chi connectivity index (χ0) is 15.0. The summed E-state index contributed by atoms with van der Waals surface area (Å²) in [4.78, 5) is 0.143. The molecule has 0 saturated heterocycles. The number of benzene rings is 1. The number of ether oxygens (including phenoxy) is 1. The molecule has 0 bridgehead atoms. The second kappa shape index (κ2) is 5.27. The average Bonchev–Trinajstić information content (AvgIpc) is 3.04. The Hall–Kier alpha value is -1.25. The molecule has 4 nitrogen and oxygen atoms in total. The molecule has 1 aromatic carbocycles. The van der Waals surface area contributed by atoms with Crippen LogP contribution < -0.4 is 4.74 Å². The molecule has 108 valence electrons. The lowest BCUT2D eigenvalue weighted by Crippen LogP contribution is -2.12. The lowest BCUT2D eigenvalue weighted by molar-refractivity contribution is 0.236. The lowest BCUT2D eigenvalue weighted by Gasteiger charge is -2.15. The minimum absolute atomic E-state index is 0.00616. The highest BCUT2D eigenvalue weighted by atomic mass is 35.7. The Kier molecular flexibility index (Phi) is 3.99. The van der Waals surface area contributed by atoms with Crippen molar-refractivity contribution in [2.75, 3.05) is 6.61 Å². The Morgan fingerprint density at radius 3 is 2.30 bits per heavy atom. The van der Waals surface area contributed by atoms with Crippen LogP contribution in [0.15, 0.2) is 17.0 Å². The first kappa shape index (κ1) is 15.1. The van der Waals surface area contributed by atoms with Crippen molar-refractivity contribution in [2.24, 2.45) is 5.41 Å². The third kappa shape index (κ3) is 3.25. The highest BCUT2D eigenvalue weighted by Crippen LogP contribution is 2.48. The average molecular weight is 314 g/mol. The Morgan fingerprint density at radius 2 is 1.90 bits per heavy atom. The molecule has 0 unspecified atom stereocenters. The maximum Gasteiger partial charge on any atom is 0.261 e. The van der Waals surface area contributed by atoms with Crippen molar-refractivity contribution >= 4 is 19.7 Å². The number of hydrogen-bond donors (Lipinski definition) is 0. The Bertz CT molecular complexity index is 649. The topological polar surface area (TPSA) is 67.2 Å². The summed E-state index contributed by atoms with van der Waals surface area (Å²) in [6.07, 6.45) is 2.51. The molecule has 1 aliphatic rings. The first-order chi connectivity index (χ1) is 9.27. The maximum absolute atomic E-state index is 11.5. The van der Waals surface area contributed by atoms with E-state index in [1.807, 2.05) is 0 Å². The largest absolute Gasteiger partial charge is 0.493 e.